The van der Waals surface area contributed by atoms with Crippen molar-refractivity contribution in [3.05, 3.63) is 54.3 Å². The fourth-order valence-electron chi connectivity index (χ4n) is 4.16. The number of hydrogen-bond donors (Lipinski definition) is 2. The number of nitrogens with zero attached hydrogens (tertiary/aromatic N) is 2. The van der Waals surface area contributed by atoms with Crippen LogP contribution in [0, 0.1) is 5.41 Å². The van der Waals surface area contributed by atoms with Gasteiger partial charge < -0.3 is 15.3 Å². The highest BCUT2D eigenvalue weighted by molar-refractivity contribution is 6.07. The summed E-state index contributed by atoms with van der Waals surface area (Å²) in [5, 5.41) is 14.5. The Labute approximate surface area is 158 Å². The Balaban J connectivity index is 1.73. The van der Waals surface area contributed by atoms with E-state index >= 15 is 0 Å². The summed E-state index contributed by atoms with van der Waals surface area (Å²) in [5.74, 6) is -0.458. The molecule has 0 saturated carbocycles. The highest BCUT2D eigenvalue weighted by Gasteiger charge is 2.51. The fraction of sp³-hybridized carbons (Fsp3) is 0.381. The topological polar surface area (TPSA) is 82.0 Å². The van der Waals surface area contributed by atoms with Crippen molar-refractivity contribution < 1.29 is 14.7 Å². The van der Waals surface area contributed by atoms with E-state index in [0.29, 0.717) is 35.6 Å². The lowest BCUT2D eigenvalue weighted by Gasteiger charge is -2.38. The Bertz CT molecular complexity index is 915. The van der Waals surface area contributed by atoms with Gasteiger partial charge in [0, 0.05) is 23.9 Å². The standard InChI is InChI=1S/C21H23N3O3/c1-4-20(2,3)19-21(27,13-8-5-6-9-14(13)23-19)12-15-18(26)24-11-7-10-16(24)17(25)22-15/h4-6,8-10,15,27H,1,7,11-12H2,2-3H3,(H,22,25)/t15-,21+/m0/s1. The summed E-state index contributed by atoms with van der Waals surface area (Å²) in [5.41, 5.74) is 0.254. The zero-order chi connectivity index (χ0) is 19.4. The van der Waals surface area contributed by atoms with E-state index in [1.54, 1.807) is 12.2 Å². The second kappa shape index (κ2) is 5.89. The molecule has 6 nitrogen and oxygen atoms in total. The van der Waals surface area contributed by atoms with Gasteiger partial charge in [0.15, 0.2) is 0 Å². The van der Waals surface area contributed by atoms with Crippen LogP contribution in [0.15, 0.2) is 53.7 Å². The number of amides is 2. The number of carbonyl (C=O) groups excluding carboxylic acids is 2. The van der Waals surface area contributed by atoms with Gasteiger partial charge in [-0.05, 0) is 12.5 Å². The van der Waals surface area contributed by atoms with Gasteiger partial charge in [-0.3, -0.25) is 14.6 Å². The molecule has 0 aliphatic carbocycles. The quantitative estimate of drug-likeness (QED) is 0.803. The lowest BCUT2D eigenvalue weighted by molar-refractivity contribution is -0.140. The third-order valence-corrected chi connectivity index (χ3v) is 5.68. The zero-order valence-electron chi connectivity index (χ0n) is 15.5. The van der Waals surface area contributed by atoms with Crippen LogP contribution in [0.3, 0.4) is 0 Å². The highest BCUT2D eigenvalue weighted by Crippen LogP contribution is 2.47. The zero-order valence-corrected chi connectivity index (χ0v) is 15.5. The molecular weight excluding hydrogens is 342 g/mol. The van der Waals surface area contributed by atoms with Crippen molar-refractivity contribution in [1.82, 2.24) is 10.2 Å². The molecule has 3 aliphatic heterocycles. The van der Waals surface area contributed by atoms with Crippen LogP contribution in [0.25, 0.3) is 0 Å². The summed E-state index contributed by atoms with van der Waals surface area (Å²) >= 11 is 0. The molecule has 2 atom stereocenters. The molecule has 2 amide bonds. The molecule has 1 saturated heterocycles. The molecule has 1 aromatic carbocycles. The maximum Gasteiger partial charge on any atom is 0.268 e. The van der Waals surface area contributed by atoms with E-state index in [0.717, 1.165) is 0 Å². The molecule has 140 valence electrons. The van der Waals surface area contributed by atoms with Crippen LogP contribution in [0.4, 0.5) is 5.69 Å². The second-order valence-electron chi connectivity index (χ2n) is 7.86. The van der Waals surface area contributed by atoms with E-state index in [-0.39, 0.29) is 18.2 Å². The van der Waals surface area contributed by atoms with Gasteiger partial charge in [-0.1, -0.05) is 44.2 Å². The van der Waals surface area contributed by atoms with E-state index in [1.165, 1.54) is 4.90 Å². The Kier molecular flexibility index (Phi) is 3.85. The normalized spacial score (nSPS) is 26.9. The van der Waals surface area contributed by atoms with Gasteiger partial charge >= 0.3 is 0 Å². The molecule has 3 heterocycles. The van der Waals surface area contributed by atoms with E-state index < -0.39 is 17.1 Å². The van der Waals surface area contributed by atoms with Gasteiger partial charge in [-0.25, -0.2) is 0 Å². The third kappa shape index (κ3) is 2.55. The molecule has 0 radical (unpaired) electrons. The number of piperazine rings is 1. The monoisotopic (exact) mass is 365 g/mol. The first kappa shape index (κ1) is 17.7. The van der Waals surface area contributed by atoms with E-state index in [2.05, 4.69) is 16.9 Å². The molecule has 4 rings (SSSR count). The number of hydrogen-bond acceptors (Lipinski definition) is 4. The molecular formula is C21H23N3O3. The highest BCUT2D eigenvalue weighted by atomic mass is 16.3. The number of allylic oxidation sites excluding steroid dienone is 1. The molecule has 0 unspecified atom stereocenters. The van der Waals surface area contributed by atoms with Crippen molar-refractivity contribution in [3.63, 3.8) is 0 Å². The number of aliphatic hydroxyl groups is 1. The van der Waals surface area contributed by atoms with Crippen LogP contribution >= 0.6 is 0 Å². The summed E-state index contributed by atoms with van der Waals surface area (Å²) in [6, 6.07) is 6.55. The van der Waals surface area contributed by atoms with Crippen molar-refractivity contribution in [3.8, 4) is 0 Å². The fourth-order valence-corrected chi connectivity index (χ4v) is 4.16. The molecule has 1 aromatic rings. The Morgan fingerprint density at radius 1 is 1.41 bits per heavy atom. The van der Waals surface area contributed by atoms with Gasteiger partial charge in [0.25, 0.3) is 5.91 Å². The molecule has 0 bridgehead atoms. The SMILES string of the molecule is C=CC(C)(C)C1=Nc2ccccc2[C@]1(O)C[C@@H]1NC(=O)C2=CCCN2C1=O. The van der Waals surface area contributed by atoms with E-state index in [9.17, 15) is 14.7 Å². The van der Waals surface area contributed by atoms with Crippen LogP contribution < -0.4 is 5.32 Å². The first-order valence-corrected chi connectivity index (χ1v) is 9.15. The summed E-state index contributed by atoms with van der Waals surface area (Å²) in [4.78, 5) is 31.5. The lowest BCUT2D eigenvalue weighted by Crippen LogP contribution is -2.58. The van der Waals surface area contributed by atoms with Crippen LogP contribution in [-0.4, -0.2) is 40.1 Å². The number of para-hydroxylation sites is 1. The number of fused-ring (bicyclic) bond motifs is 2. The summed E-state index contributed by atoms with van der Waals surface area (Å²) < 4.78 is 0. The minimum Gasteiger partial charge on any atom is -0.379 e. The van der Waals surface area contributed by atoms with Gasteiger partial charge in [-0.15, -0.1) is 6.58 Å². The number of nitrogens with one attached hydrogen (secondary N) is 1. The van der Waals surface area contributed by atoms with Crippen molar-refractivity contribution in [2.45, 2.75) is 38.3 Å². The molecule has 0 aromatic heterocycles. The maximum absolute atomic E-state index is 12.9. The number of rotatable bonds is 4. The van der Waals surface area contributed by atoms with Crippen LogP contribution in [0.2, 0.25) is 0 Å². The van der Waals surface area contributed by atoms with E-state index in [4.69, 9.17) is 0 Å². The minimum absolute atomic E-state index is 0.0362. The van der Waals surface area contributed by atoms with Gasteiger partial charge in [0.2, 0.25) is 5.91 Å². The van der Waals surface area contributed by atoms with E-state index in [1.807, 2.05) is 38.1 Å². The summed E-state index contributed by atoms with van der Waals surface area (Å²) in [7, 11) is 0. The van der Waals surface area contributed by atoms with Crippen molar-refractivity contribution >= 4 is 23.2 Å². The average Bonchev–Trinajstić information content (AvgIpc) is 3.24. The first-order chi connectivity index (χ1) is 12.8. The molecule has 6 heteroatoms. The molecule has 2 N–H and O–H groups in total. The smallest absolute Gasteiger partial charge is 0.268 e. The van der Waals surface area contributed by atoms with Crippen molar-refractivity contribution in [1.29, 1.82) is 0 Å². The predicted molar refractivity (Wildman–Crippen MR) is 102 cm³/mol. The van der Waals surface area contributed by atoms with Crippen molar-refractivity contribution in [2.75, 3.05) is 6.54 Å². The van der Waals surface area contributed by atoms with Gasteiger partial charge in [-0.2, -0.15) is 0 Å². The Hall–Kier alpha value is -2.73. The number of carbonyl (C=O) groups is 2. The lowest BCUT2D eigenvalue weighted by atomic mass is 9.73. The van der Waals surface area contributed by atoms with Crippen LogP contribution in [0.5, 0.6) is 0 Å². The molecule has 0 spiro atoms. The number of aliphatic imine (C=N–C) groups is 1. The Morgan fingerprint density at radius 2 is 2.15 bits per heavy atom. The molecule has 1 fully saturated rings. The van der Waals surface area contributed by atoms with Gasteiger partial charge in [0.05, 0.1) is 11.4 Å². The molecule has 27 heavy (non-hydrogen) atoms. The van der Waals surface area contributed by atoms with Gasteiger partial charge in [0.1, 0.15) is 17.3 Å². The van der Waals surface area contributed by atoms with Crippen LogP contribution in [0.1, 0.15) is 32.3 Å². The largest absolute Gasteiger partial charge is 0.379 e. The first-order valence-electron chi connectivity index (χ1n) is 9.15. The van der Waals surface area contributed by atoms with Crippen molar-refractivity contribution in [2.24, 2.45) is 10.4 Å². The summed E-state index contributed by atoms with van der Waals surface area (Å²) in [6.45, 7) is 8.24. The Morgan fingerprint density at radius 3 is 2.89 bits per heavy atom. The maximum atomic E-state index is 12.9. The minimum atomic E-state index is -1.46. The predicted octanol–water partition coefficient (Wildman–Crippen LogP) is 2.18. The second-order valence-corrected chi connectivity index (χ2v) is 7.86. The average molecular weight is 365 g/mol. The summed E-state index contributed by atoms with van der Waals surface area (Å²) in [6.07, 6.45) is 4.22. The molecule has 3 aliphatic rings. The third-order valence-electron chi connectivity index (χ3n) is 5.68. The van der Waals surface area contributed by atoms with Crippen LogP contribution in [-0.2, 0) is 15.2 Å². The number of benzene rings is 1.